The molecule has 2 saturated heterocycles. The molecule has 6 aromatic rings. The van der Waals surface area contributed by atoms with Crippen molar-refractivity contribution >= 4 is 106 Å². The Morgan fingerprint density at radius 3 is 1.80 bits per heavy atom. The molecule has 0 aliphatic carbocycles. The lowest BCUT2D eigenvalue weighted by Crippen LogP contribution is -2.61. The van der Waals surface area contributed by atoms with Crippen molar-refractivity contribution < 1.29 is 102 Å². The standard InChI is InChI=1S/C91H136N26O21/c1-2-3-28-64(80(125)106-66-34-35-77(122)96-36-23-22-30-67(90(135)136)107-83(128)69(43-58-47-99-63-29-21-20-27-62(58)63)108-81(126)65(31-24-37-98-91(92)93)105-82(127)68(42-57-25-16-15-17-26-57)111-88(133)74-46-61(120)51-117(74)89(66)134)104-84(129)70(44-59-48-94-55-101-59)109-85(130)71(45-60-49-95-56-102-60)110-87(132)73(53-119)112-86(131)72(52-118)103-78(123)50-100-79(124)54-138-41-40-137-39-38-97-76(121)33-19-14-12-10-8-6-4-5-7-9-11-13-18-32-75-113-115-116-114-75/h15-17,20-21,25-27,29,47-49,55-56,61,64-74,99,118-120H,2-14,18-19,22-24,28,30-46,50-54H2,1H3,(H,94,101)(H,95,102)(H,96,122)(H,97,121)(H,100,124)(H,103,123)(H,104,129)(H,105,127)(H,106,125)(H,107,128)(H,108,126)(H,109,130)(H,110,132)(H,111,133)(H,112,131)(H,135,136)(H4,92,93,98)(H,113,114,115,116)/t61-,64+,65+,66+,67+,68-,69+,70+,71+,72+,73-,74+/m1/s1. The summed E-state index contributed by atoms with van der Waals surface area (Å²) in [6.07, 6.45) is 19.9. The normalized spacial score (nSPS) is 18.7. The lowest BCUT2D eigenvalue weighted by Gasteiger charge is -2.31. The lowest BCUT2D eigenvalue weighted by atomic mass is 10.0. The van der Waals surface area contributed by atoms with Crippen LogP contribution in [0.2, 0.25) is 0 Å². The van der Waals surface area contributed by atoms with E-state index in [9.17, 15) is 68.4 Å². The molecule has 2 fully saturated rings. The molecule has 0 unspecified atom stereocenters. The minimum Gasteiger partial charge on any atom is -0.480 e. The molecule has 2 aliphatic rings. The summed E-state index contributed by atoms with van der Waals surface area (Å²) in [6, 6.07) is -2.28. The summed E-state index contributed by atoms with van der Waals surface area (Å²) < 4.78 is 10.8. The van der Waals surface area contributed by atoms with Gasteiger partial charge in [-0.15, -0.1) is 5.10 Å². The van der Waals surface area contributed by atoms with E-state index in [-0.39, 0.29) is 127 Å². The van der Waals surface area contributed by atoms with E-state index in [0.29, 0.717) is 34.9 Å². The average Bonchev–Trinajstić information content (AvgIpc) is 1.66. The number of guanidine groups is 1. The number of aromatic nitrogens is 9. The summed E-state index contributed by atoms with van der Waals surface area (Å²) in [6.45, 7) is -1.50. The number of unbranched alkanes of at least 4 members (excludes halogenated alkanes) is 13. The van der Waals surface area contributed by atoms with Crippen molar-refractivity contribution in [3.8, 4) is 0 Å². The van der Waals surface area contributed by atoms with Gasteiger partial charge in [-0.2, -0.15) is 0 Å². The molecule has 47 nitrogen and oxygen atoms in total. The van der Waals surface area contributed by atoms with Crippen molar-refractivity contribution in [2.24, 2.45) is 5.73 Å². The number of imidazole rings is 2. The van der Waals surface area contributed by atoms with Gasteiger partial charge in [-0.3, -0.25) is 72.5 Å². The molecule has 0 bridgehead atoms. The number of nitrogens with one attached hydrogen (secondary N) is 19. The van der Waals surface area contributed by atoms with Crippen LogP contribution in [-0.4, -0.2) is 310 Å². The molecule has 756 valence electrons. The second-order valence-corrected chi connectivity index (χ2v) is 34.3. The summed E-state index contributed by atoms with van der Waals surface area (Å²) >= 11 is 0. The predicted molar refractivity (Wildman–Crippen MR) is 499 cm³/mol. The number of carbonyl (C=O) groups is 15. The first-order chi connectivity index (χ1) is 66.7. The molecule has 8 rings (SSSR count). The Morgan fingerprint density at radius 2 is 1.17 bits per heavy atom. The zero-order valence-corrected chi connectivity index (χ0v) is 78.0. The zero-order valence-electron chi connectivity index (χ0n) is 78.0. The number of carboxylic acid groups (broad SMARTS) is 1. The molecule has 138 heavy (non-hydrogen) atoms. The molecule has 4 aromatic heterocycles. The van der Waals surface area contributed by atoms with Crippen molar-refractivity contribution in [3.63, 3.8) is 0 Å². The van der Waals surface area contributed by atoms with Crippen LogP contribution in [0.5, 0.6) is 0 Å². The molecule has 6 heterocycles. The topological polar surface area (TPSA) is 705 Å². The second kappa shape index (κ2) is 60.9. The highest BCUT2D eigenvalue weighted by Crippen LogP contribution is 2.24. The zero-order chi connectivity index (χ0) is 99.4. The number of benzene rings is 2. The molecule has 47 heteroatoms. The third kappa shape index (κ3) is 39.7. The van der Waals surface area contributed by atoms with Gasteiger partial charge in [-0.1, -0.05) is 139 Å². The Balaban J connectivity index is 0.869. The maximum absolute atomic E-state index is 15.4. The van der Waals surface area contributed by atoms with E-state index < -0.39 is 214 Å². The van der Waals surface area contributed by atoms with E-state index in [1.165, 1.54) is 76.4 Å². The fourth-order valence-corrected chi connectivity index (χ4v) is 15.8. The van der Waals surface area contributed by atoms with E-state index in [1.54, 1.807) is 67.7 Å². The van der Waals surface area contributed by atoms with E-state index in [0.717, 1.165) is 49.2 Å². The molecule has 14 amide bonds. The molecule has 0 radical (unpaired) electrons. The Hall–Kier alpha value is -13.4. The maximum atomic E-state index is 15.4. The number of rotatable bonds is 55. The van der Waals surface area contributed by atoms with Gasteiger partial charge >= 0.3 is 5.97 Å². The SMILES string of the molecule is CCCC[C@H](NC(=O)[C@H](Cc1c[nH]cn1)NC(=O)[C@H](Cc1c[nH]cn1)NC(=O)[C@@H](CO)NC(=O)[C@H](CO)NC(=O)CNC(=O)COCCOCCNC(=O)CCCCCCCCCCCCCCCc1nnn[nH]1)C(=O)N[C@H]1CCC(=O)NCCCC[C@@H](C(=O)O)NC(=O)[C@H](Cc2c[nH]c3ccccc23)NC(=O)[C@H](CCCNC(=N)N)NC(=O)[C@@H](Cc2ccccc2)NC(=O)[C@@H]2C[C@@H](O)CN2C1=O. The van der Waals surface area contributed by atoms with Gasteiger partial charge in [0.25, 0.3) is 0 Å². The number of aliphatic hydroxyl groups is 3. The van der Waals surface area contributed by atoms with Gasteiger partial charge in [0.2, 0.25) is 82.7 Å². The van der Waals surface area contributed by atoms with Crippen molar-refractivity contribution in [2.75, 3.05) is 72.4 Å². The van der Waals surface area contributed by atoms with Gasteiger partial charge in [0.1, 0.15) is 78.9 Å². The first-order valence-corrected chi connectivity index (χ1v) is 47.4. The Labute approximate surface area is 798 Å². The van der Waals surface area contributed by atoms with Crippen molar-refractivity contribution in [1.29, 1.82) is 5.41 Å². The van der Waals surface area contributed by atoms with E-state index in [2.05, 4.69) is 120 Å². The minimum atomic E-state index is -1.87. The highest BCUT2D eigenvalue weighted by Gasteiger charge is 2.44. The molecule has 25 N–H and O–H groups in total. The Morgan fingerprint density at radius 1 is 0.587 bits per heavy atom. The summed E-state index contributed by atoms with van der Waals surface area (Å²) in [5.41, 5.74) is 7.76. The molecule has 0 spiro atoms. The molecule has 0 saturated carbocycles. The van der Waals surface area contributed by atoms with Crippen LogP contribution in [0.25, 0.3) is 10.9 Å². The molecule has 2 aromatic carbocycles. The average molecular weight is 1930 g/mol. The smallest absolute Gasteiger partial charge is 0.326 e. The largest absolute Gasteiger partial charge is 0.480 e. The number of aliphatic hydroxyl groups excluding tert-OH is 3. The summed E-state index contributed by atoms with van der Waals surface area (Å²) in [5, 5.41) is 101. The molecule has 12 atom stereocenters. The number of aliphatic carboxylic acids is 1. The lowest BCUT2D eigenvalue weighted by molar-refractivity contribution is -0.143. The van der Waals surface area contributed by atoms with Crippen LogP contribution < -0.4 is 80.2 Å². The number of para-hydroxylation sites is 1. The first-order valence-electron chi connectivity index (χ1n) is 47.4. The van der Waals surface area contributed by atoms with Crippen LogP contribution >= 0.6 is 0 Å². The van der Waals surface area contributed by atoms with E-state index in [4.69, 9.17) is 20.6 Å². The number of amides is 14. The minimum absolute atomic E-state index is 0.00600. The van der Waals surface area contributed by atoms with Crippen LogP contribution in [0.3, 0.4) is 0 Å². The summed E-state index contributed by atoms with van der Waals surface area (Å²) in [5.74, 6) is -13.5. The highest BCUT2D eigenvalue weighted by molar-refractivity contribution is 6.00. The summed E-state index contributed by atoms with van der Waals surface area (Å²) in [7, 11) is 0. The van der Waals surface area contributed by atoms with E-state index in [1.807, 2.05) is 0 Å². The van der Waals surface area contributed by atoms with Gasteiger partial charge in [-0.05, 0) is 85.4 Å². The quantitative estimate of drug-likeness (QED) is 0.0109. The number of ether oxygens (including phenoxy) is 2. The molecular weight excluding hydrogens is 1790 g/mol. The monoisotopic (exact) mass is 1930 g/mol. The predicted octanol–water partition coefficient (Wildman–Crippen LogP) is -2.22. The molecule has 2 aliphatic heterocycles. The number of tetrazole rings is 1. The number of aromatic amines is 4. The van der Waals surface area contributed by atoms with Crippen LogP contribution in [0, 0.1) is 5.41 Å². The van der Waals surface area contributed by atoms with Gasteiger partial charge in [0, 0.05) is 107 Å². The van der Waals surface area contributed by atoms with Gasteiger partial charge in [0.15, 0.2) is 5.96 Å². The third-order valence-electron chi connectivity index (χ3n) is 23.4. The fraction of sp³-hybridized carbons (Fsp3) is 0.593. The number of fused-ring (bicyclic) bond motifs is 2. The number of nitrogens with two attached hydrogens (primary N) is 1. The number of hydrogen-bond donors (Lipinski definition) is 24. The van der Waals surface area contributed by atoms with Crippen molar-refractivity contribution in [1.82, 2.24) is 125 Å². The van der Waals surface area contributed by atoms with E-state index >= 15 is 24.0 Å². The van der Waals surface area contributed by atoms with Crippen LogP contribution in [0.1, 0.15) is 196 Å². The Bertz CT molecular complexity index is 4820. The second-order valence-electron chi connectivity index (χ2n) is 34.3. The number of carboxylic acids is 1. The van der Waals surface area contributed by atoms with Gasteiger partial charge < -0.3 is 130 Å². The number of aryl methyl sites for hydroxylation is 1. The van der Waals surface area contributed by atoms with Gasteiger partial charge in [0.05, 0.1) is 69.7 Å². The number of hydrogen-bond acceptors (Lipinski definition) is 26. The number of H-pyrrole nitrogens is 4. The van der Waals surface area contributed by atoms with Crippen LogP contribution in [0.15, 0.2) is 85.8 Å². The molecular formula is C91H136N26O21. The Kier molecular flexibility index (Phi) is 48.5. The fourth-order valence-electron chi connectivity index (χ4n) is 15.8. The van der Waals surface area contributed by atoms with Crippen LogP contribution in [-0.2, 0) is 113 Å². The third-order valence-corrected chi connectivity index (χ3v) is 23.4. The number of nitrogens with zero attached hydrogens (tertiary/aromatic N) is 6. The van der Waals surface area contributed by atoms with Crippen LogP contribution in [0.4, 0.5) is 0 Å². The maximum Gasteiger partial charge on any atom is 0.326 e. The van der Waals surface area contributed by atoms with Crippen molar-refractivity contribution in [3.05, 3.63) is 114 Å². The first kappa shape index (κ1) is 110. The summed E-state index contributed by atoms with van der Waals surface area (Å²) in [4.78, 5) is 230. The van der Waals surface area contributed by atoms with Crippen molar-refractivity contribution in [2.45, 2.75) is 272 Å². The number of carbonyl (C=O) groups excluding carboxylic acids is 14. The van der Waals surface area contributed by atoms with Gasteiger partial charge in [-0.25, -0.2) is 19.9 Å². The highest BCUT2D eigenvalue weighted by atomic mass is 16.5.